The highest BCUT2D eigenvalue weighted by Crippen LogP contribution is 2.29. The van der Waals surface area contributed by atoms with Crippen molar-refractivity contribution in [3.05, 3.63) is 18.2 Å². The SMILES string of the molecule is CCC(C)c1cncn1C(C)(CN)CC(C)C. The number of hydrogen-bond acceptors (Lipinski definition) is 2. The molecule has 2 unspecified atom stereocenters. The monoisotopic (exact) mass is 237 g/mol. The third-order valence-corrected chi connectivity index (χ3v) is 3.65. The smallest absolute Gasteiger partial charge is 0.0953 e. The van der Waals surface area contributed by atoms with Crippen LogP contribution in [0.25, 0.3) is 0 Å². The second-order valence-corrected chi connectivity index (χ2v) is 5.80. The molecule has 0 fully saturated rings. The average molecular weight is 237 g/mol. The molecule has 1 aromatic heterocycles. The Morgan fingerprint density at radius 3 is 2.53 bits per heavy atom. The Kier molecular flexibility index (Phi) is 4.75. The standard InChI is InChI=1S/C14H27N3/c1-6-12(4)13-8-16-10-17(13)14(5,9-15)7-11(2)3/h8,10-12H,6-7,9,15H2,1-5H3. The maximum Gasteiger partial charge on any atom is 0.0953 e. The molecule has 0 saturated heterocycles. The predicted octanol–water partition coefficient (Wildman–Crippen LogP) is 3.12. The molecule has 1 heterocycles. The lowest BCUT2D eigenvalue weighted by atomic mass is 9.89. The van der Waals surface area contributed by atoms with Crippen molar-refractivity contribution in [2.75, 3.05) is 6.54 Å². The van der Waals surface area contributed by atoms with Crippen LogP contribution in [0.4, 0.5) is 0 Å². The molecule has 2 atom stereocenters. The van der Waals surface area contributed by atoms with Gasteiger partial charge in [-0.2, -0.15) is 0 Å². The van der Waals surface area contributed by atoms with Crippen molar-refractivity contribution < 1.29 is 0 Å². The Bertz CT molecular complexity index is 343. The van der Waals surface area contributed by atoms with Crippen LogP contribution in [-0.2, 0) is 5.54 Å². The highest BCUT2D eigenvalue weighted by atomic mass is 15.1. The van der Waals surface area contributed by atoms with Gasteiger partial charge in [0.1, 0.15) is 0 Å². The van der Waals surface area contributed by atoms with E-state index >= 15 is 0 Å². The highest BCUT2D eigenvalue weighted by molar-refractivity contribution is 5.09. The molecule has 17 heavy (non-hydrogen) atoms. The molecule has 0 aliphatic rings. The molecular formula is C14H27N3. The van der Waals surface area contributed by atoms with Crippen LogP contribution in [0.5, 0.6) is 0 Å². The fraction of sp³-hybridized carbons (Fsp3) is 0.786. The van der Waals surface area contributed by atoms with Crippen LogP contribution >= 0.6 is 0 Å². The van der Waals surface area contributed by atoms with Gasteiger partial charge >= 0.3 is 0 Å². The molecule has 1 aromatic rings. The Labute approximate surface area is 105 Å². The third-order valence-electron chi connectivity index (χ3n) is 3.65. The third kappa shape index (κ3) is 3.09. The fourth-order valence-electron chi connectivity index (χ4n) is 2.49. The first kappa shape index (κ1) is 14.2. The molecule has 3 nitrogen and oxygen atoms in total. The minimum atomic E-state index is -0.0105. The van der Waals surface area contributed by atoms with Gasteiger partial charge < -0.3 is 10.3 Å². The van der Waals surface area contributed by atoms with Gasteiger partial charge in [-0.05, 0) is 31.6 Å². The summed E-state index contributed by atoms with van der Waals surface area (Å²) in [7, 11) is 0. The van der Waals surface area contributed by atoms with Gasteiger partial charge in [-0.3, -0.25) is 0 Å². The van der Waals surface area contributed by atoms with E-state index in [0.717, 1.165) is 12.8 Å². The minimum Gasteiger partial charge on any atom is -0.328 e. The van der Waals surface area contributed by atoms with Crippen molar-refractivity contribution in [1.29, 1.82) is 0 Å². The van der Waals surface area contributed by atoms with E-state index in [9.17, 15) is 0 Å². The Morgan fingerprint density at radius 1 is 1.41 bits per heavy atom. The molecule has 3 heteroatoms. The van der Waals surface area contributed by atoms with Crippen LogP contribution in [0.15, 0.2) is 12.5 Å². The van der Waals surface area contributed by atoms with Crippen LogP contribution in [0, 0.1) is 5.92 Å². The lowest BCUT2D eigenvalue weighted by Gasteiger charge is -2.34. The summed E-state index contributed by atoms with van der Waals surface area (Å²) >= 11 is 0. The zero-order valence-corrected chi connectivity index (χ0v) is 11.9. The summed E-state index contributed by atoms with van der Waals surface area (Å²) in [6.45, 7) is 11.8. The van der Waals surface area contributed by atoms with Crippen molar-refractivity contribution in [2.45, 2.75) is 58.9 Å². The summed E-state index contributed by atoms with van der Waals surface area (Å²) in [5.74, 6) is 1.17. The maximum atomic E-state index is 6.01. The molecular weight excluding hydrogens is 210 g/mol. The molecule has 0 aliphatic heterocycles. The van der Waals surface area contributed by atoms with Crippen molar-refractivity contribution >= 4 is 0 Å². The lowest BCUT2D eigenvalue weighted by Crippen LogP contribution is -2.40. The van der Waals surface area contributed by atoms with Gasteiger partial charge in [-0.15, -0.1) is 0 Å². The van der Waals surface area contributed by atoms with Crippen molar-refractivity contribution in [1.82, 2.24) is 9.55 Å². The average Bonchev–Trinajstić information content (AvgIpc) is 2.76. The Morgan fingerprint density at radius 2 is 2.06 bits per heavy atom. The second kappa shape index (κ2) is 5.67. The van der Waals surface area contributed by atoms with Gasteiger partial charge in [0.15, 0.2) is 0 Å². The highest BCUT2D eigenvalue weighted by Gasteiger charge is 2.28. The zero-order chi connectivity index (χ0) is 13.1. The summed E-state index contributed by atoms with van der Waals surface area (Å²) in [6.07, 6.45) is 6.15. The van der Waals surface area contributed by atoms with E-state index in [1.165, 1.54) is 5.69 Å². The van der Waals surface area contributed by atoms with Gasteiger partial charge in [0.05, 0.1) is 11.9 Å². The molecule has 0 bridgehead atoms. The number of rotatable bonds is 6. The number of nitrogens with zero attached hydrogens (tertiary/aromatic N) is 2. The second-order valence-electron chi connectivity index (χ2n) is 5.80. The number of hydrogen-bond donors (Lipinski definition) is 1. The summed E-state index contributed by atoms with van der Waals surface area (Å²) in [4.78, 5) is 4.32. The molecule has 0 aliphatic carbocycles. The first-order valence-corrected chi connectivity index (χ1v) is 6.67. The maximum absolute atomic E-state index is 6.01. The van der Waals surface area contributed by atoms with Gasteiger partial charge in [0.2, 0.25) is 0 Å². The lowest BCUT2D eigenvalue weighted by molar-refractivity contribution is 0.255. The molecule has 0 amide bonds. The first-order valence-electron chi connectivity index (χ1n) is 6.67. The Balaban J connectivity index is 3.07. The first-order chi connectivity index (χ1) is 7.94. The molecule has 1 rings (SSSR count). The van der Waals surface area contributed by atoms with E-state index in [4.69, 9.17) is 5.73 Å². The van der Waals surface area contributed by atoms with Gasteiger partial charge in [-0.1, -0.05) is 27.7 Å². The van der Waals surface area contributed by atoms with Crippen LogP contribution in [0.1, 0.15) is 59.1 Å². The van der Waals surface area contributed by atoms with E-state index in [1.807, 2.05) is 12.5 Å². The molecule has 0 aromatic carbocycles. The van der Waals surface area contributed by atoms with E-state index in [1.54, 1.807) is 0 Å². The molecule has 2 N–H and O–H groups in total. The van der Waals surface area contributed by atoms with Gasteiger partial charge in [0.25, 0.3) is 0 Å². The van der Waals surface area contributed by atoms with Crippen LogP contribution in [-0.4, -0.2) is 16.1 Å². The number of aromatic nitrogens is 2. The topological polar surface area (TPSA) is 43.8 Å². The van der Waals surface area contributed by atoms with Crippen molar-refractivity contribution in [2.24, 2.45) is 11.7 Å². The van der Waals surface area contributed by atoms with Gasteiger partial charge in [-0.25, -0.2) is 4.98 Å². The van der Waals surface area contributed by atoms with Crippen molar-refractivity contribution in [3.8, 4) is 0 Å². The van der Waals surface area contributed by atoms with E-state index in [2.05, 4.69) is 44.2 Å². The molecule has 0 spiro atoms. The van der Waals surface area contributed by atoms with E-state index in [-0.39, 0.29) is 5.54 Å². The summed E-state index contributed by atoms with van der Waals surface area (Å²) in [5, 5.41) is 0. The predicted molar refractivity (Wildman–Crippen MR) is 73.1 cm³/mol. The largest absolute Gasteiger partial charge is 0.328 e. The number of nitrogens with two attached hydrogens (primary N) is 1. The van der Waals surface area contributed by atoms with Crippen molar-refractivity contribution in [3.63, 3.8) is 0 Å². The normalized spacial score (nSPS) is 17.1. The van der Waals surface area contributed by atoms with E-state index in [0.29, 0.717) is 18.4 Å². The quantitative estimate of drug-likeness (QED) is 0.826. The Hall–Kier alpha value is -0.830. The fourth-order valence-corrected chi connectivity index (χ4v) is 2.49. The minimum absolute atomic E-state index is 0.0105. The van der Waals surface area contributed by atoms with Crippen LogP contribution in [0.3, 0.4) is 0 Å². The summed E-state index contributed by atoms with van der Waals surface area (Å²) in [5.41, 5.74) is 7.30. The molecule has 0 saturated carbocycles. The number of imidazole rings is 1. The van der Waals surface area contributed by atoms with E-state index < -0.39 is 0 Å². The van der Waals surface area contributed by atoms with Gasteiger partial charge in [0, 0.05) is 18.4 Å². The van der Waals surface area contributed by atoms with Crippen LogP contribution in [0.2, 0.25) is 0 Å². The molecule has 0 radical (unpaired) electrons. The summed E-state index contributed by atoms with van der Waals surface area (Å²) < 4.78 is 2.29. The zero-order valence-electron chi connectivity index (χ0n) is 11.9. The van der Waals surface area contributed by atoms with Crippen LogP contribution < -0.4 is 5.73 Å². The molecule has 98 valence electrons. The summed E-state index contributed by atoms with van der Waals surface area (Å²) in [6, 6.07) is 0.